The Labute approximate surface area is 120 Å². The Bertz CT molecular complexity index is 512. The molecule has 0 amide bonds. The van der Waals surface area contributed by atoms with E-state index in [-0.39, 0.29) is 5.78 Å². The first-order valence-corrected chi connectivity index (χ1v) is 7.72. The van der Waals surface area contributed by atoms with Crippen LogP contribution in [0.5, 0.6) is 5.75 Å². The third-order valence-electron chi connectivity index (χ3n) is 4.98. The molecule has 0 bridgehead atoms. The number of aromatic hydroxyl groups is 1. The molecule has 1 aromatic carbocycles. The van der Waals surface area contributed by atoms with E-state index >= 15 is 0 Å². The third kappa shape index (κ3) is 2.59. The summed E-state index contributed by atoms with van der Waals surface area (Å²) in [5.41, 5.74) is 1.58. The Morgan fingerprint density at radius 1 is 1.30 bits per heavy atom. The molecule has 1 N–H and O–H groups in total. The molecule has 20 heavy (non-hydrogen) atoms. The minimum Gasteiger partial charge on any atom is -0.508 e. The van der Waals surface area contributed by atoms with Crippen molar-refractivity contribution >= 4 is 5.78 Å². The molecule has 1 heterocycles. The molecule has 2 unspecified atom stereocenters. The smallest absolute Gasteiger partial charge is 0.159 e. The zero-order valence-electron chi connectivity index (χ0n) is 12.1. The second-order valence-corrected chi connectivity index (χ2v) is 6.27. The molecule has 0 spiro atoms. The van der Waals surface area contributed by atoms with Gasteiger partial charge in [0.2, 0.25) is 0 Å². The maximum absolute atomic E-state index is 11.5. The fourth-order valence-corrected chi connectivity index (χ4v) is 3.85. The van der Waals surface area contributed by atoms with Crippen molar-refractivity contribution in [3.8, 4) is 5.75 Å². The van der Waals surface area contributed by atoms with E-state index in [0.29, 0.717) is 17.4 Å². The highest BCUT2D eigenvalue weighted by Crippen LogP contribution is 2.37. The van der Waals surface area contributed by atoms with Crippen LogP contribution in [0.3, 0.4) is 0 Å². The lowest BCUT2D eigenvalue weighted by Gasteiger charge is -2.31. The predicted octanol–water partition coefficient (Wildman–Crippen LogP) is 3.36. The number of carbonyl (C=O) groups excluding carboxylic acids is 1. The van der Waals surface area contributed by atoms with Gasteiger partial charge in [0.15, 0.2) is 5.78 Å². The van der Waals surface area contributed by atoms with Crippen molar-refractivity contribution in [3.05, 3.63) is 29.3 Å². The lowest BCUT2D eigenvalue weighted by Crippen LogP contribution is -2.34. The van der Waals surface area contributed by atoms with E-state index in [9.17, 15) is 9.90 Å². The lowest BCUT2D eigenvalue weighted by molar-refractivity contribution is 0.101. The summed E-state index contributed by atoms with van der Waals surface area (Å²) in [6.45, 7) is 3.47. The van der Waals surface area contributed by atoms with Gasteiger partial charge in [0.05, 0.1) is 0 Å². The van der Waals surface area contributed by atoms with E-state index in [1.807, 2.05) is 6.07 Å². The zero-order valence-corrected chi connectivity index (χ0v) is 12.1. The quantitative estimate of drug-likeness (QED) is 0.858. The highest BCUT2D eigenvalue weighted by Gasteiger charge is 2.35. The average Bonchev–Trinajstić information content (AvgIpc) is 2.84. The Hall–Kier alpha value is -1.35. The minimum atomic E-state index is 0.0585. The van der Waals surface area contributed by atoms with Crippen molar-refractivity contribution in [3.63, 3.8) is 0 Å². The van der Waals surface area contributed by atoms with E-state index in [0.717, 1.165) is 24.6 Å². The van der Waals surface area contributed by atoms with Gasteiger partial charge in [0.1, 0.15) is 5.75 Å². The maximum atomic E-state index is 11.5. The van der Waals surface area contributed by atoms with Crippen LogP contribution in [0, 0.1) is 5.92 Å². The molecular formula is C17H23NO2. The van der Waals surface area contributed by atoms with Gasteiger partial charge in [-0.15, -0.1) is 0 Å². The third-order valence-corrected chi connectivity index (χ3v) is 4.98. The zero-order chi connectivity index (χ0) is 14.1. The molecule has 1 saturated carbocycles. The number of ketones is 1. The topological polar surface area (TPSA) is 40.5 Å². The molecular weight excluding hydrogens is 250 g/mol. The Balaban J connectivity index is 1.77. The van der Waals surface area contributed by atoms with Crippen LogP contribution in [0.4, 0.5) is 0 Å². The molecule has 0 radical (unpaired) electrons. The summed E-state index contributed by atoms with van der Waals surface area (Å²) in [5, 5.41) is 10.0. The summed E-state index contributed by atoms with van der Waals surface area (Å²) in [6, 6.07) is 5.90. The molecule has 0 aromatic heterocycles. The molecule has 108 valence electrons. The number of phenolic OH excluding ortho intramolecular Hbond substituents is 1. The summed E-state index contributed by atoms with van der Waals surface area (Å²) in [7, 11) is 0. The van der Waals surface area contributed by atoms with Gasteiger partial charge in [0.25, 0.3) is 0 Å². The van der Waals surface area contributed by atoms with Crippen molar-refractivity contribution in [2.45, 2.75) is 51.6 Å². The van der Waals surface area contributed by atoms with Crippen molar-refractivity contribution in [1.82, 2.24) is 4.90 Å². The van der Waals surface area contributed by atoms with Gasteiger partial charge >= 0.3 is 0 Å². The molecule has 1 saturated heterocycles. The average molecular weight is 273 g/mol. The van der Waals surface area contributed by atoms with Crippen LogP contribution in [0.25, 0.3) is 0 Å². The number of carbonyl (C=O) groups is 1. The van der Waals surface area contributed by atoms with Crippen LogP contribution in [0.2, 0.25) is 0 Å². The second kappa shape index (κ2) is 5.57. The van der Waals surface area contributed by atoms with Gasteiger partial charge in [-0.1, -0.05) is 12.8 Å². The molecule has 3 nitrogen and oxygen atoms in total. The van der Waals surface area contributed by atoms with Crippen LogP contribution >= 0.6 is 0 Å². The summed E-state index contributed by atoms with van der Waals surface area (Å²) < 4.78 is 0. The Morgan fingerprint density at radius 2 is 2.10 bits per heavy atom. The van der Waals surface area contributed by atoms with E-state index < -0.39 is 0 Å². The Kier molecular flexibility index (Phi) is 3.79. The fraction of sp³-hybridized carbons (Fsp3) is 0.588. The van der Waals surface area contributed by atoms with Gasteiger partial charge in [-0.2, -0.15) is 0 Å². The second-order valence-electron chi connectivity index (χ2n) is 6.27. The first-order chi connectivity index (χ1) is 9.65. The van der Waals surface area contributed by atoms with Crippen molar-refractivity contribution in [2.24, 2.45) is 5.92 Å². The number of rotatable bonds is 3. The number of benzene rings is 1. The van der Waals surface area contributed by atoms with Crippen LogP contribution in [-0.4, -0.2) is 28.4 Å². The minimum absolute atomic E-state index is 0.0585. The highest BCUT2D eigenvalue weighted by molar-refractivity contribution is 5.94. The number of Topliss-reactive ketones (excluding diaryl/α,β-unsaturated/α-hetero) is 1. The summed E-state index contributed by atoms with van der Waals surface area (Å²) in [5.74, 6) is 1.22. The standard InChI is InChI=1S/C17H23NO2/c1-12(19)14-6-7-17(20)15(10-14)11-18-9-8-13-4-2-3-5-16(13)18/h6-7,10,13,16,20H,2-5,8-9,11H2,1H3. The summed E-state index contributed by atoms with van der Waals surface area (Å²) in [6.07, 6.45) is 6.65. The largest absolute Gasteiger partial charge is 0.508 e. The summed E-state index contributed by atoms with van der Waals surface area (Å²) in [4.78, 5) is 14.0. The van der Waals surface area contributed by atoms with E-state index in [4.69, 9.17) is 0 Å². The molecule has 2 aliphatic rings. The number of nitrogens with zero attached hydrogens (tertiary/aromatic N) is 1. The van der Waals surface area contributed by atoms with Gasteiger partial charge < -0.3 is 5.11 Å². The number of hydrogen-bond donors (Lipinski definition) is 1. The molecule has 3 heteroatoms. The predicted molar refractivity (Wildman–Crippen MR) is 78.9 cm³/mol. The van der Waals surface area contributed by atoms with Crippen molar-refractivity contribution in [2.75, 3.05) is 6.54 Å². The molecule has 2 fully saturated rings. The van der Waals surface area contributed by atoms with Gasteiger partial charge in [-0.3, -0.25) is 9.69 Å². The summed E-state index contributed by atoms with van der Waals surface area (Å²) >= 11 is 0. The highest BCUT2D eigenvalue weighted by atomic mass is 16.3. The van der Waals surface area contributed by atoms with Crippen molar-refractivity contribution < 1.29 is 9.90 Å². The number of hydrogen-bond acceptors (Lipinski definition) is 3. The van der Waals surface area contributed by atoms with Crippen molar-refractivity contribution in [1.29, 1.82) is 0 Å². The van der Waals surface area contributed by atoms with Crippen LogP contribution in [-0.2, 0) is 6.54 Å². The first-order valence-electron chi connectivity index (χ1n) is 7.72. The number of phenols is 1. The maximum Gasteiger partial charge on any atom is 0.159 e. The van der Waals surface area contributed by atoms with Gasteiger partial charge in [-0.25, -0.2) is 0 Å². The first kappa shape index (κ1) is 13.6. The molecule has 1 aliphatic carbocycles. The van der Waals surface area contributed by atoms with E-state index in [1.54, 1.807) is 19.1 Å². The monoisotopic (exact) mass is 273 g/mol. The molecule has 3 rings (SSSR count). The molecule has 1 aliphatic heterocycles. The van der Waals surface area contributed by atoms with E-state index in [2.05, 4.69) is 4.90 Å². The molecule has 2 atom stereocenters. The fourth-order valence-electron chi connectivity index (χ4n) is 3.85. The molecule has 1 aromatic rings. The van der Waals surface area contributed by atoms with E-state index in [1.165, 1.54) is 32.1 Å². The SMILES string of the molecule is CC(=O)c1ccc(O)c(CN2CCC3CCCCC32)c1. The van der Waals surface area contributed by atoms with Gasteiger partial charge in [0, 0.05) is 23.7 Å². The van der Waals surface area contributed by atoms with Crippen LogP contribution in [0.1, 0.15) is 54.9 Å². The number of fused-ring (bicyclic) bond motifs is 1. The number of likely N-dealkylation sites (tertiary alicyclic amines) is 1. The Morgan fingerprint density at radius 3 is 2.90 bits per heavy atom. The van der Waals surface area contributed by atoms with Gasteiger partial charge in [-0.05, 0) is 56.8 Å². The van der Waals surface area contributed by atoms with Crippen LogP contribution in [0.15, 0.2) is 18.2 Å². The lowest BCUT2D eigenvalue weighted by atomic mass is 9.85. The normalized spacial score (nSPS) is 26.4. The van der Waals surface area contributed by atoms with Crippen LogP contribution < -0.4 is 0 Å².